The summed E-state index contributed by atoms with van der Waals surface area (Å²) < 4.78 is 21.1. The third kappa shape index (κ3) is 10.7. The standard InChI is InChI=1S/C35H34N4O6.C8H7ClO2/c1-4-45-32-22-25(14-19-31(32)44-3)30-9-6-20-39(38-30)35(42)24-10-15-27(16-11-24)36-34(41)26-7-5-8-28(21-26)37-33(40)23-12-17-29(43-2)18-13-23;1-11-7-4-2-6(3-5-7)8(9)10/h5,7-8,10-19,21-22H,4,6,9,20H2,1-3H3,(H,36,41)(H,37,40);2-5H,1H3. The van der Waals surface area contributed by atoms with Crippen LogP contribution in [-0.4, -0.2) is 68.2 Å². The summed E-state index contributed by atoms with van der Waals surface area (Å²) in [5.74, 6) is 1.74. The Hall–Kier alpha value is -6.66. The molecule has 0 bridgehead atoms. The van der Waals surface area contributed by atoms with Crippen LogP contribution in [0.1, 0.15) is 66.8 Å². The molecular formula is C43H41ClN4O8. The Bertz CT molecular complexity index is 2190. The molecule has 0 aliphatic carbocycles. The minimum atomic E-state index is -0.451. The Labute approximate surface area is 330 Å². The van der Waals surface area contributed by atoms with Crippen LogP contribution in [0.15, 0.2) is 120 Å². The summed E-state index contributed by atoms with van der Waals surface area (Å²) in [7, 11) is 4.72. The highest BCUT2D eigenvalue weighted by molar-refractivity contribution is 6.67. The smallest absolute Gasteiger partial charge is 0.273 e. The lowest BCUT2D eigenvalue weighted by Crippen LogP contribution is -2.32. The lowest BCUT2D eigenvalue weighted by atomic mass is 10.0. The van der Waals surface area contributed by atoms with Gasteiger partial charge in [-0.05, 0) is 141 Å². The fourth-order valence-corrected chi connectivity index (χ4v) is 5.70. The summed E-state index contributed by atoms with van der Waals surface area (Å²) in [4.78, 5) is 49.5. The highest BCUT2D eigenvalue weighted by Gasteiger charge is 2.22. The van der Waals surface area contributed by atoms with Gasteiger partial charge in [0, 0.05) is 45.7 Å². The van der Waals surface area contributed by atoms with Crippen molar-refractivity contribution in [3.05, 3.63) is 143 Å². The molecule has 0 spiro atoms. The number of benzene rings is 5. The average molecular weight is 777 g/mol. The van der Waals surface area contributed by atoms with Crippen molar-refractivity contribution in [2.24, 2.45) is 5.10 Å². The second-order valence-corrected chi connectivity index (χ2v) is 12.5. The molecule has 0 unspecified atom stereocenters. The first-order valence-electron chi connectivity index (χ1n) is 17.6. The highest BCUT2D eigenvalue weighted by Crippen LogP contribution is 2.30. The van der Waals surface area contributed by atoms with Gasteiger partial charge in [-0.2, -0.15) is 5.10 Å². The van der Waals surface area contributed by atoms with Gasteiger partial charge >= 0.3 is 0 Å². The van der Waals surface area contributed by atoms with E-state index in [1.54, 1.807) is 118 Å². The fourth-order valence-electron chi connectivity index (χ4n) is 5.57. The third-order valence-corrected chi connectivity index (χ3v) is 8.72. The van der Waals surface area contributed by atoms with Crippen LogP contribution in [0.25, 0.3) is 0 Å². The molecule has 1 heterocycles. The van der Waals surface area contributed by atoms with E-state index in [-0.39, 0.29) is 17.7 Å². The lowest BCUT2D eigenvalue weighted by Gasteiger charge is -2.24. The number of nitrogens with zero attached hydrogens (tertiary/aromatic N) is 2. The first kappa shape index (κ1) is 40.5. The Morgan fingerprint density at radius 2 is 1.27 bits per heavy atom. The molecule has 1 aliphatic heterocycles. The van der Waals surface area contributed by atoms with Crippen LogP contribution in [0.5, 0.6) is 23.0 Å². The molecule has 0 atom stereocenters. The van der Waals surface area contributed by atoms with Crippen molar-refractivity contribution >= 4 is 51.7 Å². The summed E-state index contributed by atoms with van der Waals surface area (Å²) in [6.07, 6.45) is 1.51. The van der Waals surface area contributed by atoms with E-state index in [9.17, 15) is 19.2 Å². The molecule has 5 aromatic rings. The van der Waals surface area contributed by atoms with Crippen LogP contribution in [0.2, 0.25) is 0 Å². The molecular weight excluding hydrogens is 736 g/mol. The van der Waals surface area contributed by atoms with Crippen molar-refractivity contribution in [2.45, 2.75) is 19.8 Å². The molecule has 2 N–H and O–H groups in total. The zero-order valence-electron chi connectivity index (χ0n) is 31.3. The van der Waals surface area contributed by atoms with Gasteiger partial charge in [-0.15, -0.1) is 0 Å². The molecule has 5 aromatic carbocycles. The molecule has 0 fully saturated rings. The Kier molecular flexibility index (Phi) is 14.2. The number of halogens is 1. The molecule has 0 saturated heterocycles. The van der Waals surface area contributed by atoms with E-state index in [0.717, 1.165) is 24.1 Å². The van der Waals surface area contributed by atoms with Gasteiger partial charge in [0.05, 0.1) is 33.6 Å². The van der Waals surface area contributed by atoms with E-state index in [0.29, 0.717) is 69.8 Å². The number of anilines is 2. The molecule has 56 heavy (non-hydrogen) atoms. The first-order valence-corrected chi connectivity index (χ1v) is 18.0. The largest absolute Gasteiger partial charge is 0.497 e. The third-order valence-electron chi connectivity index (χ3n) is 8.50. The average Bonchev–Trinajstić information content (AvgIpc) is 3.24. The lowest BCUT2D eigenvalue weighted by molar-refractivity contribution is 0.0751. The molecule has 0 saturated carbocycles. The van der Waals surface area contributed by atoms with Gasteiger partial charge in [0.25, 0.3) is 23.0 Å². The summed E-state index contributed by atoms with van der Waals surface area (Å²) in [5.41, 5.74) is 4.43. The van der Waals surface area contributed by atoms with E-state index in [1.165, 1.54) is 5.01 Å². The first-order chi connectivity index (χ1) is 27.1. The van der Waals surface area contributed by atoms with E-state index >= 15 is 0 Å². The molecule has 0 radical (unpaired) electrons. The van der Waals surface area contributed by atoms with Gasteiger partial charge in [0.15, 0.2) is 11.5 Å². The normalized spacial score (nSPS) is 11.9. The van der Waals surface area contributed by atoms with Crippen LogP contribution in [0.4, 0.5) is 11.4 Å². The minimum absolute atomic E-state index is 0.232. The van der Waals surface area contributed by atoms with Crippen LogP contribution in [-0.2, 0) is 0 Å². The Morgan fingerprint density at radius 1 is 0.661 bits per heavy atom. The predicted octanol–water partition coefficient (Wildman–Crippen LogP) is 8.32. The second-order valence-electron chi connectivity index (χ2n) is 12.2. The molecule has 1 aliphatic rings. The van der Waals surface area contributed by atoms with Crippen molar-refractivity contribution < 1.29 is 38.1 Å². The Morgan fingerprint density at radius 3 is 1.88 bits per heavy atom. The maximum absolute atomic E-state index is 13.3. The van der Waals surface area contributed by atoms with Crippen LogP contribution in [0, 0.1) is 0 Å². The van der Waals surface area contributed by atoms with Gasteiger partial charge in [0.1, 0.15) is 11.5 Å². The van der Waals surface area contributed by atoms with E-state index in [1.807, 2.05) is 25.1 Å². The van der Waals surface area contributed by atoms with Crippen molar-refractivity contribution in [1.29, 1.82) is 0 Å². The number of ether oxygens (including phenoxy) is 4. The van der Waals surface area contributed by atoms with Crippen molar-refractivity contribution in [3.8, 4) is 23.0 Å². The molecule has 3 amide bonds. The van der Waals surface area contributed by atoms with E-state index in [2.05, 4.69) is 15.7 Å². The van der Waals surface area contributed by atoms with E-state index < -0.39 is 5.24 Å². The van der Waals surface area contributed by atoms with Crippen LogP contribution >= 0.6 is 11.6 Å². The second kappa shape index (κ2) is 19.6. The van der Waals surface area contributed by atoms with Crippen molar-refractivity contribution in [3.63, 3.8) is 0 Å². The Balaban J connectivity index is 0.000000470. The number of methoxy groups -OCH3 is 3. The van der Waals surface area contributed by atoms with Crippen LogP contribution < -0.4 is 29.6 Å². The van der Waals surface area contributed by atoms with Crippen molar-refractivity contribution in [1.82, 2.24) is 5.01 Å². The highest BCUT2D eigenvalue weighted by atomic mass is 35.5. The quantitative estimate of drug-likeness (QED) is 0.120. The van der Waals surface area contributed by atoms with Gasteiger partial charge in [0.2, 0.25) is 0 Å². The summed E-state index contributed by atoms with van der Waals surface area (Å²) in [6, 6.07) is 32.3. The number of hydrogen-bond donors (Lipinski definition) is 2. The number of rotatable bonds is 12. The summed E-state index contributed by atoms with van der Waals surface area (Å²) in [6.45, 7) is 2.91. The van der Waals surface area contributed by atoms with Gasteiger partial charge in [-0.25, -0.2) is 5.01 Å². The zero-order chi connectivity index (χ0) is 40.0. The molecule has 288 valence electrons. The number of hydrogen-bond acceptors (Lipinski definition) is 9. The maximum atomic E-state index is 13.3. The summed E-state index contributed by atoms with van der Waals surface area (Å²) >= 11 is 5.22. The van der Waals surface area contributed by atoms with Gasteiger partial charge < -0.3 is 29.6 Å². The molecule has 0 aromatic heterocycles. The van der Waals surface area contributed by atoms with Crippen molar-refractivity contribution in [2.75, 3.05) is 45.1 Å². The van der Waals surface area contributed by atoms with Gasteiger partial charge in [-0.1, -0.05) is 6.07 Å². The molecule has 13 heteroatoms. The topological polar surface area (TPSA) is 145 Å². The number of carbonyl (C=O) groups excluding carboxylic acids is 4. The zero-order valence-corrected chi connectivity index (χ0v) is 32.1. The monoisotopic (exact) mass is 776 g/mol. The number of hydrazone groups is 1. The number of amides is 3. The number of carbonyl (C=O) groups is 4. The fraction of sp³-hybridized carbons (Fsp3) is 0.186. The molecule has 12 nitrogen and oxygen atoms in total. The van der Waals surface area contributed by atoms with Crippen LogP contribution in [0.3, 0.4) is 0 Å². The predicted molar refractivity (Wildman–Crippen MR) is 216 cm³/mol. The van der Waals surface area contributed by atoms with Gasteiger partial charge in [-0.3, -0.25) is 19.2 Å². The minimum Gasteiger partial charge on any atom is -0.497 e. The summed E-state index contributed by atoms with van der Waals surface area (Å²) in [5, 5.41) is 11.3. The molecule has 6 rings (SSSR count). The number of nitrogens with one attached hydrogen (secondary N) is 2. The SMILES string of the molecule is CCOc1cc(C2=NN(C(=O)c3ccc(NC(=O)c4cccc(NC(=O)c5ccc(OC)cc5)c4)cc3)CCC2)ccc1OC.COc1ccc(C(=O)Cl)cc1. The van der Waals surface area contributed by atoms with E-state index in [4.69, 9.17) is 30.5 Å². The maximum Gasteiger partial charge on any atom is 0.273 e.